The number of hydrogen-bond acceptors (Lipinski definition) is 4. The van der Waals surface area contributed by atoms with Crippen molar-refractivity contribution < 1.29 is 17.6 Å². The molecule has 2 aromatic carbocycles. The average Bonchev–Trinajstić information content (AvgIpc) is 2.69. The van der Waals surface area contributed by atoms with Gasteiger partial charge < -0.3 is 10.6 Å². The lowest BCUT2D eigenvalue weighted by molar-refractivity contribution is 0.251. The molecule has 3 aromatic rings. The Bertz CT molecular complexity index is 1060. The van der Waals surface area contributed by atoms with E-state index in [0.29, 0.717) is 12.2 Å². The minimum absolute atomic E-state index is 0.0583. The third-order valence-electron chi connectivity index (χ3n) is 3.72. The SMILES string of the molecule is O=C(NCc1cccnc1)Nc1ccc(S(=O)(=O)Nc2ccccc2F)cc1. The molecule has 144 valence electrons. The van der Waals surface area contributed by atoms with Gasteiger partial charge in [-0.2, -0.15) is 0 Å². The van der Waals surface area contributed by atoms with Gasteiger partial charge in [-0.15, -0.1) is 0 Å². The smallest absolute Gasteiger partial charge is 0.319 e. The van der Waals surface area contributed by atoms with Crippen LogP contribution in [0.3, 0.4) is 0 Å². The van der Waals surface area contributed by atoms with E-state index in [-0.39, 0.29) is 10.6 Å². The summed E-state index contributed by atoms with van der Waals surface area (Å²) >= 11 is 0. The third kappa shape index (κ3) is 5.04. The summed E-state index contributed by atoms with van der Waals surface area (Å²) in [6, 6.07) is 14.2. The molecule has 0 atom stereocenters. The average molecular weight is 400 g/mol. The van der Waals surface area contributed by atoms with Crippen molar-refractivity contribution in [3.8, 4) is 0 Å². The second-order valence-electron chi connectivity index (χ2n) is 5.78. The number of hydrogen-bond donors (Lipinski definition) is 3. The van der Waals surface area contributed by atoms with Crippen LogP contribution in [0, 0.1) is 5.82 Å². The van der Waals surface area contributed by atoms with E-state index in [1.54, 1.807) is 18.5 Å². The molecule has 0 bridgehead atoms. The van der Waals surface area contributed by atoms with Crippen LogP contribution >= 0.6 is 0 Å². The summed E-state index contributed by atoms with van der Waals surface area (Å²) in [4.78, 5) is 15.8. The van der Waals surface area contributed by atoms with Crippen LogP contribution in [-0.2, 0) is 16.6 Å². The molecule has 0 spiro atoms. The van der Waals surface area contributed by atoms with Crippen molar-refractivity contribution in [2.45, 2.75) is 11.4 Å². The topological polar surface area (TPSA) is 100 Å². The van der Waals surface area contributed by atoms with Crippen LogP contribution in [0.15, 0.2) is 78.0 Å². The summed E-state index contributed by atoms with van der Waals surface area (Å²) in [5.41, 5.74) is 1.12. The quantitative estimate of drug-likeness (QED) is 0.591. The number of nitrogens with zero attached hydrogens (tertiary/aromatic N) is 1. The molecule has 0 aliphatic carbocycles. The number of halogens is 1. The highest BCUT2D eigenvalue weighted by Gasteiger charge is 2.16. The lowest BCUT2D eigenvalue weighted by atomic mass is 10.3. The number of carbonyl (C=O) groups is 1. The summed E-state index contributed by atoms with van der Waals surface area (Å²) in [7, 11) is -3.95. The predicted molar refractivity (Wildman–Crippen MR) is 104 cm³/mol. The maximum Gasteiger partial charge on any atom is 0.319 e. The number of amides is 2. The Morgan fingerprint density at radius 2 is 1.75 bits per heavy atom. The molecule has 0 aliphatic rings. The molecule has 3 rings (SSSR count). The maximum atomic E-state index is 13.7. The molecule has 2 amide bonds. The van der Waals surface area contributed by atoms with E-state index < -0.39 is 21.9 Å². The van der Waals surface area contributed by atoms with Gasteiger partial charge in [0.2, 0.25) is 0 Å². The maximum absolute atomic E-state index is 13.7. The molecule has 0 fully saturated rings. The van der Waals surface area contributed by atoms with Crippen LogP contribution in [-0.4, -0.2) is 19.4 Å². The molecule has 7 nitrogen and oxygen atoms in total. The second-order valence-corrected chi connectivity index (χ2v) is 7.46. The number of rotatable bonds is 6. The highest BCUT2D eigenvalue weighted by atomic mass is 32.2. The van der Waals surface area contributed by atoms with Crippen LogP contribution in [0.4, 0.5) is 20.6 Å². The van der Waals surface area contributed by atoms with Gasteiger partial charge in [0.25, 0.3) is 10.0 Å². The normalized spacial score (nSPS) is 10.9. The van der Waals surface area contributed by atoms with Crippen LogP contribution in [0.25, 0.3) is 0 Å². The van der Waals surface area contributed by atoms with E-state index in [9.17, 15) is 17.6 Å². The molecule has 3 N–H and O–H groups in total. The molecule has 1 heterocycles. The van der Waals surface area contributed by atoms with Gasteiger partial charge in [-0.25, -0.2) is 17.6 Å². The Morgan fingerprint density at radius 3 is 2.43 bits per heavy atom. The van der Waals surface area contributed by atoms with Gasteiger partial charge in [0.1, 0.15) is 5.82 Å². The van der Waals surface area contributed by atoms with Crippen molar-refractivity contribution in [3.05, 3.63) is 84.4 Å². The van der Waals surface area contributed by atoms with Gasteiger partial charge >= 0.3 is 6.03 Å². The summed E-state index contributed by atoms with van der Waals surface area (Å²) in [6.45, 7) is 0.304. The van der Waals surface area contributed by atoms with Crippen molar-refractivity contribution >= 4 is 27.4 Å². The summed E-state index contributed by atoms with van der Waals surface area (Å²) in [5, 5.41) is 5.27. The lowest BCUT2D eigenvalue weighted by Crippen LogP contribution is -2.28. The Labute approximate surface area is 161 Å². The van der Waals surface area contributed by atoms with Crippen molar-refractivity contribution in [1.82, 2.24) is 10.3 Å². The molecule has 0 aliphatic heterocycles. The largest absolute Gasteiger partial charge is 0.334 e. The molecule has 1 aromatic heterocycles. The number of benzene rings is 2. The van der Waals surface area contributed by atoms with E-state index in [1.807, 2.05) is 6.07 Å². The van der Waals surface area contributed by atoms with E-state index in [0.717, 1.165) is 11.6 Å². The molecule has 0 unspecified atom stereocenters. The van der Waals surface area contributed by atoms with Crippen LogP contribution < -0.4 is 15.4 Å². The Balaban J connectivity index is 1.61. The molecule has 0 saturated carbocycles. The lowest BCUT2D eigenvalue weighted by Gasteiger charge is -2.10. The number of nitrogens with one attached hydrogen (secondary N) is 3. The zero-order valence-electron chi connectivity index (χ0n) is 14.6. The van der Waals surface area contributed by atoms with E-state index in [2.05, 4.69) is 20.3 Å². The first-order chi connectivity index (χ1) is 13.4. The van der Waals surface area contributed by atoms with Gasteiger partial charge in [0.15, 0.2) is 0 Å². The number of sulfonamides is 1. The minimum atomic E-state index is -3.95. The summed E-state index contributed by atoms with van der Waals surface area (Å²) in [6.07, 6.45) is 3.28. The Morgan fingerprint density at radius 1 is 1.00 bits per heavy atom. The van der Waals surface area contributed by atoms with E-state index in [1.165, 1.54) is 42.5 Å². The number of para-hydroxylation sites is 1. The summed E-state index contributed by atoms with van der Waals surface area (Å²) < 4.78 is 40.6. The van der Waals surface area contributed by atoms with E-state index in [4.69, 9.17) is 0 Å². The standard InChI is InChI=1S/C19H17FN4O3S/c20-17-5-1-2-6-18(17)24-28(26,27)16-9-7-15(8-10-16)23-19(25)22-13-14-4-3-11-21-12-14/h1-12,24H,13H2,(H2,22,23,25). The zero-order chi connectivity index (χ0) is 20.0. The number of urea groups is 1. The number of carbonyl (C=O) groups excluding carboxylic acids is 1. The first-order valence-corrected chi connectivity index (χ1v) is 9.73. The first-order valence-electron chi connectivity index (χ1n) is 8.25. The third-order valence-corrected chi connectivity index (χ3v) is 5.10. The van der Waals surface area contributed by atoms with Gasteiger partial charge in [0.05, 0.1) is 10.6 Å². The van der Waals surface area contributed by atoms with E-state index >= 15 is 0 Å². The number of pyridine rings is 1. The zero-order valence-corrected chi connectivity index (χ0v) is 15.4. The number of aromatic nitrogens is 1. The van der Waals surface area contributed by atoms with Crippen molar-refractivity contribution in [1.29, 1.82) is 0 Å². The molecule has 9 heteroatoms. The van der Waals surface area contributed by atoms with Crippen LogP contribution in [0.2, 0.25) is 0 Å². The molecule has 0 saturated heterocycles. The van der Waals surface area contributed by atoms with Crippen LogP contribution in [0.1, 0.15) is 5.56 Å². The highest BCUT2D eigenvalue weighted by Crippen LogP contribution is 2.20. The fourth-order valence-corrected chi connectivity index (χ4v) is 3.39. The Hall–Kier alpha value is -3.46. The fourth-order valence-electron chi connectivity index (χ4n) is 2.33. The molecular weight excluding hydrogens is 383 g/mol. The Kier molecular flexibility index (Phi) is 5.85. The highest BCUT2D eigenvalue weighted by molar-refractivity contribution is 7.92. The molecular formula is C19H17FN4O3S. The fraction of sp³-hybridized carbons (Fsp3) is 0.0526. The second kappa shape index (κ2) is 8.49. The minimum Gasteiger partial charge on any atom is -0.334 e. The van der Waals surface area contributed by atoms with Crippen molar-refractivity contribution in [3.63, 3.8) is 0 Å². The van der Waals surface area contributed by atoms with Crippen molar-refractivity contribution in [2.75, 3.05) is 10.0 Å². The van der Waals surface area contributed by atoms with Gasteiger partial charge in [-0.05, 0) is 48.0 Å². The predicted octanol–water partition coefficient (Wildman–Crippen LogP) is 3.34. The van der Waals surface area contributed by atoms with Gasteiger partial charge in [-0.1, -0.05) is 18.2 Å². The molecule has 28 heavy (non-hydrogen) atoms. The van der Waals surface area contributed by atoms with Gasteiger partial charge in [-0.3, -0.25) is 9.71 Å². The first kappa shape index (κ1) is 19.3. The van der Waals surface area contributed by atoms with Crippen molar-refractivity contribution in [2.24, 2.45) is 0 Å². The van der Waals surface area contributed by atoms with Gasteiger partial charge in [0, 0.05) is 24.6 Å². The monoisotopic (exact) mass is 400 g/mol. The summed E-state index contributed by atoms with van der Waals surface area (Å²) in [5.74, 6) is -0.672. The van der Waals surface area contributed by atoms with Crippen LogP contribution in [0.5, 0.6) is 0 Å². The molecule has 0 radical (unpaired) electrons. The number of anilines is 2.